The zero-order valence-electron chi connectivity index (χ0n) is 11.6. The highest BCUT2D eigenvalue weighted by Crippen LogP contribution is 2.11. The summed E-state index contributed by atoms with van der Waals surface area (Å²) in [6.07, 6.45) is 5.52. The molecule has 0 amide bonds. The van der Waals surface area contributed by atoms with Crippen LogP contribution in [0.25, 0.3) is 0 Å². The third-order valence-corrected chi connectivity index (χ3v) is 2.89. The Labute approximate surface area is 114 Å². The van der Waals surface area contributed by atoms with Gasteiger partial charge in [-0.3, -0.25) is 9.88 Å². The van der Waals surface area contributed by atoms with E-state index in [2.05, 4.69) is 41.3 Å². The van der Waals surface area contributed by atoms with Crippen molar-refractivity contribution in [3.05, 3.63) is 53.7 Å². The summed E-state index contributed by atoms with van der Waals surface area (Å²) in [6, 6.07) is 6.16. The first kappa shape index (κ1) is 13.8. The van der Waals surface area contributed by atoms with Gasteiger partial charge >= 0.3 is 0 Å². The fourth-order valence-corrected chi connectivity index (χ4v) is 2.00. The summed E-state index contributed by atoms with van der Waals surface area (Å²) in [7, 11) is 2.08. The van der Waals surface area contributed by atoms with Gasteiger partial charge < -0.3 is 9.73 Å². The van der Waals surface area contributed by atoms with Gasteiger partial charge in [0.1, 0.15) is 5.76 Å². The SMILES string of the molecule is CCNCc1coc(CN(C)Cc2cccnc2)c1. The quantitative estimate of drug-likeness (QED) is 0.829. The van der Waals surface area contributed by atoms with Crippen molar-refractivity contribution in [1.82, 2.24) is 15.2 Å². The smallest absolute Gasteiger partial charge is 0.118 e. The van der Waals surface area contributed by atoms with Crippen LogP contribution in [0.4, 0.5) is 0 Å². The van der Waals surface area contributed by atoms with Gasteiger partial charge in [0.05, 0.1) is 12.8 Å². The Hall–Kier alpha value is -1.65. The molecule has 0 aliphatic rings. The van der Waals surface area contributed by atoms with E-state index in [1.807, 2.05) is 18.5 Å². The van der Waals surface area contributed by atoms with E-state index in [0.717, 1.165) is 31.9 Å². The number of pyridine rings is 1. The molecule has 0 fully saturated rings. The summed E-state index contributed by atoms with van der Waals surface area (Å²) in [4.78, 5) is 6.34. The molecule has 4 nitrogen and oxygen atoms in total. The molecule has 1 N–H and O–H groups in total. The maximum absolute atomic E-state index is 5.57. The van der Waals surface area contributed by atoms with Gasteiger partial charge in [-0.25, -0.2) is 0 Å². The topological polar surface area (TPSA) is 41.3 Å². The highest BCUT2D eigenvalue weighted by atomic mass is 16.3. The number of furan rings is 1. The van der Waals surface area contributed by atoms with Crippen molar-refractivity contribution < 1.29 is 4.42 Å². The monoisotopic (exact) mass is 259 g/mol. The Kier molecular flexibility index (Phi) is 5.12. The van der Waals surface area contributed by atoms with E-state index in [1.54, 1.807) is 6.20 Å². The van der Waals surface area contributed by atoms with Crippen LogP contribution in [-0.2, 0) is 19.6 Å². The van der Waals surface area contributed by atoms with Crippen LogP contribution in [0.15, 0.2) is 41.3 Å². The number of hydrogen-bond donors (Lipinski definition) is 1. The van der Waals surface area contributed by atoms with E-state index < -0.39 is 0 Å². The van der Waals surface area contributed by atoms with Crippen LogP contribution in [0.5, 0.6) is 0 Å². The normalized spacial score (nSPS) is 11.1. The van der Waals surface area contributed by atoms with Gasteiger partial charge in [-0.05, 0) is 31.3 Å². The molecule has 0 aromatic carbocycles. The van der Waals surface area contributed by atoms with Crippen molar-refractivity contribution in [3.63, 3.8) is 0 Å². The zero-order valence-corrected chi connectivity index (χ0v) is 11.6. The van der Waals surface area contributed by atoms with E-state index in [9.17, 15) is 0 Å². The molecule has 0 aliphatic carbocycles. The van der Waals surface area contributed by atoms with E-state index in [0.29, 0.717) is 0 Å². The third-order valence-electron chi connectivity index (χ3n) is 2.89. The van der Waals surface area contributed by atoms with Crippen molar-refractivity contribution in [1.29, 1.82) is 0 Å². The minimum atomic E-state index is 0.807. The van der Waals surface area contributed by atoms with Gasteiger partial charge in [-0.1, -0.05) is 13.0 Å². The largest absolute Gasteiger partial charge is 0.468 e. The second-order valence-electron chi connectivity index (χ2n) is 4.74. The van der Waals surface area contributed by atoms with Crippen LogP contribution >= 0.6 is 0 Å². The van der Waals surface area contributed by atoms with Crippen molar-refractivity contribution >= 4 is 0 Å². The van der Waals surface area contributed by atoms with Crippen LogP contribution in [0, 0.1) is 0 Å². The molecule has 0 atom stereocenters. The minimum Gasteiger partial charge on any atom is -0.468 e. The summed E-state index contributed by atoms with van der Waals surface area (Å²) < 4.78 is 5.57. The van der Waals surface area contributed by atoms with Crippen molar-refractivity contribution in [3.8, 4) is 0 Å². The van der Waals surface area contributed by atoms with E-state index in [1.165, 1.54) is 11.1 Å². The average molecular weight is 259 g/mol. The van der Waals surface area contributed by atoms with Crippen LogP contribution in [0.2, 0.25) is 0 Å². The summed E-state index contributed by atoms with van der Waals surface area (Å²) >= 11 is 0. The third kappa shape index (κ3) is 4.50. The fraction of sp³-hybridized carbons (Fsp3) is 0.400. The van der Waals surface area contributed by atoms with Crippen LogP contribution in [0.1, 0.15) is 23.8 Å². The molecule has 0 spiro atoms. The second kappa shape index (κ2) is 7.07. The molecule has 0 unspecified atom stereocenters. The molecular formula is C15H21N3O. The number of hydrogen-bond acceptors (Lipinski definition) is 4. The number of nitrogens with one attached hydrogen (secondary N) is 1. The lowest BCUT2D eigenvalue weighted by atomic mass is 10.2. The zero-order chi connectivity index (χ0) is 13.5. The Morgan fingerprint density at radius 1 is 1.32 bits per heavy atom. The van der Waals surface area contributed by atoms with Crippen LogP contribution < -0.4 is 5.32 Å². The Balaban J connectivity index is 1.85. The Morgan fingerprint density at radius 3 is 2.95 bits per heavy atom. The van der Waals surface area contributed by atoms with Crippen molar-refractivity contribution in [2.45, 2.75) is 26.6 Å². The molecule has 0 radical (unpaired) electrons. The van der Waals surface area contributed by atoms with Gasteiger partial charge in [0.25, 0.3) is 0 Å². The van der Waals surface area contributed by atoms with Gasteiger partial charge in [-0.2, -0.15) is 0 Å². The Morgan fingerprint density at radius 2 is 2.21 bits per heavy atom. The molecule has 4 heteroatoms. The molecule has 0 aliphatic heterocycles. The molecule has 2 heterocycles. The van der Waals surface area contributed by atoms with Crippen LogP contribution in [-0.4, -0.2) is 23.5 Å². The maximum Gasteiger partial charge on any atom is 0.118 e. The lowest BCUT2D eigenvalue weighted by molar-refractivity contribution is 0.287. The number of rotatable bonds is 7. The van der Waals surface area contributed by atoms with E-state index in [-0.39, 0.29) is 0 Å². The highest BCUT2D eigenvalue weighted by Gasteiger charge is 2.06. The molecule has 19 heavy (non-hydrogen) atoms. The lowest BCUT2D eigenvalue weighted by Gasteiger charge is -2.14. The molecule has 2 aromatic rings. The fourth-order valence-electron chi connectivity index (χ4n) is 2.00. The first-order valence-electron chi connectivity index (χ1n) is 6.62. The molecular weight excluding hydrogens is 238 g/mol. The molecule has 2 aromatic heterocycles. The van der Waals surface area contributed by atoms with Gasteiger partial charge in [-0.15, -0.1) is 0 Å². The summed E-state index contributed by atoms with van der Waals surface area (Å²) in [5, 5.41) is 3.29. The van der Waals surface area contributed by atoms with Crippen molar-refractivity contribution in [2.24, 2.45) is 0 Å². The summed E-state index contributed by atoms with van der Waals surface area (Å²) in [5.74, 6) is 0.999. The van der Waals surface area contributed by atoms with Crippen molar-refractivity contribution in [2.75, 3.05) is 13.6 Å². The van der Waals surface area contributed by atoms with E-state index in [4.69, 9.17) is 4.42 Å². The summed E-state index contributed by atoms with van der Waals surface area (Å²) in [5.41, 5.74) is 2.41. The average Bonchev–Trinajstić information content (AvgIpc) is 2.85. The molecule has 2 rings (SSSR count). The highest BCUT2D eigenvalue weighted by molar-refractivity contribution is 5.13. The maximum atomic E-state index is 5.57. The van der Waals surface area contributed by atoms with Crippen LogP contribution in [0.3, 0.4) is 0 Å². The standard InChI is InChI=1S/C15H21N3O/c1-3-16-9-14-7-15(19-12-14)11-18(2)10-13-5-4-6-17-8-13/h4-8,12,16H,3,9-11H2,1-2H3. The predicted octanol–water partition coefficient (Wildman–Crippen LogP) is 2.42. The summed E-state index contributed by atoms with van der Waals surface area (Å²) in [6.45, 7) is 5.62. The molecule has 102 valence electrons. The van der Waals surface area contributed by atoms with E-state index >= 15 is 0 Å². The van der Waals surface area contributed by atoms with Gasteiger partial charge in [0, 0.05) is 31.0 Å². The predicted molar refractivity (Wildman–Crippen MR) is 75.5 cm³/mol. The molecule has 0 bridgehead atoms. The first-order valence-corrected chi connectivity index (χ1v) is 6.62. The lowest BCUT2D eigenvalue weighted by Crippen LogP contribution is -2.17. The second-order valence-corrected chi connectivity index (χ2v) is 4.74. The minimum absolute atomic E-state index is 0.807. The first-order chi connectivity index (χ1) is 9.28. The van der Waals surface area contributed by atoms with Gasteiger partial charge in [0.2, 0.25) is 0 Å². The van der Waals surface area contributed by atoms with Gasteiger partial charge in [0.15, 0.2) is 0 Å². The number of nitrogens with zero attached hydrogens (tertiary/aromatic N) is 2. The molecule has 0 saturated carbocycles. The molecule has 0 saturated heterocycles. The number of aromatic nitrogens is 1. The Bertz CT molecular complexity index is 481.